The van der Waals surface area contributed by atoms with E-state index in [4.69, 9.17) is 4.74 Å². The normalized spacial score (nSPS) is 19.7. The third-order valence-corrected chi connectivity index (χ3v) is 5.62. The lowest BCUT2D eigenvalue weighted by molar-refractivity contribution is -0.485. The van der Waals surface area contributed by atoms with Gasteiger partial charge in [-0.05, 0) is 23.6 Å². The average Bonchev–Trinajstić information content (AvgIpc) is 2.93. The van der Waals surface area contributed by atoms with E-state index in [1.165, 1.54) is 7.11 Å². The fourth-order valence-corrected chi connectivity index (χ4v) is 4.28. The van der Waals surface area contributed by atoms with Gasteiger partial charge in [0.2, 0.25) is 6.54 Å². The van der Waals surface area contributed by atoms with Crippen LogP contribution in [0.25, 0.3) is 0 Å². The summed E-state index contributed by atoms with van der Waals surface area (Å²) in [5.41, 5.74) is -0.00703. The molecule has 2 atom stereocenters. The van der Waals surface area contributed by atoms with Crippen LogP contribution in [-0.4, -0.2) is 30.3 Å². The minimum Gasteiger partial charge on any atom is -0.468 e. The van der Waals surface area contributed by atoms with Gasteiger partial charge in [-0.15, -0.1) is 0 Å². The molecular formula is C19H16BrNO5. The minimum atomic E-state index is -1.66. The van der Waals surface area contributed by atoms with Crippen molar-refractivity contribution in [3.8, 4) is 0 Å². The molecule has 3 rings (SSSR count). The van der Waals surface area contributed by atoms with E-state index < -0.39 is 34.6 Å². The molecule has 134 valence electrons. The van der Waals surface area contributed by atoms with Gasteiger partial charge in [0.15, 0.2) is 5.78 Å². The summed E-state index contributed by atoms with van der Waals surface area (Å²) in [6.07, 6.45) is 0.0779. The third kappa shape index (κ3) is 2.82. The summed E-state index contributed by atoms with van der Waals surface area (Å²) in [4.78, 5) is 37.0. The number of rotatable bonds is 5. The first kappa shape index (κ1) is 18.3. The quantitative estimate of drug-likeness (QED) is 0.322. The highest BCUT2D eigenvalue weighted by Gasteiger charge is 2.59. The Morgan fingerprint density at radius 1 is 1.27 bits per heavy atom. The number of esters is 1. The lowest BCUT2D eigenvalue weighted by atomic mass is 9.69. The molecule has 26 heavy (non-hydrogen) atoms. The SMILES string of the molecule is COC(=O)[C@]1([C@H](C[N+](=O)[O-])c2ccccc2Br)Cc2ccccc2C1=O. The van der Waals surface area contributed by atoms with Crippen molar-refractivity contribution in [1.29, 1.82) is 0 Å². The topological polar surface area (TPSA) is 86.5 Å². The van der Waals surface area contributed by atoms with Gasteiger partial charge in [0.05, 0.1) is 13.0 Å². The van der Waals surface area contributed by atoms with Crippen LogP contribution in [0.3, 0.4) is 0 Å². The van der Waals surface area contributed by atoms with Crippen LogP contribution in [0.2, 0.25) is 0 Å². The van der Waals surface area contributed by atoms with Crippen molar-refractivity contribution in [2.24, 2.45) is 5.41 Å². The van der Waals surface area contributed by atoms with Gasteiger partial charge in [-0.25, -0.2) is 0 Å². The monoisotopic (exact) mass is 417 g/mol. The highest BCUT2D eigenvalue weighted by molar-refractivity contribution is 9.10. The first-order valence-corrected chi connectivity index (χ1v) is 8.78. The highest BCUT2D eigenvalue weighted by Crippen LogP contribution is 2.49. The van der Waals surface area contributed by atoms with Crippen molar-refractivity contribution in [1.82, 2.24) is 0 Å². The van der Waals surface area contributed by atoms with Gasteiger partial charge in [0.25, 0.3) is 0 Å². The Labute approximate surface area is 158 Å². The number of ether oxygens (including phenoxy) is 1. The Bertz CT molecular complexity index is 897. The maximum atomic E-state index is 13.3. The Hall–Kier alpha value is -2.54. The lowest BCUT2D eigenvalue weighted by Gasteiger charge is -2.32. The first-order valence-electron chi connectivity index (χ1n) is 7.99. The van der Waals surface area contributed by atoms with Crippen molar-refractivity contribution >= 4 is 27.7 Å². The lowest BCUT2D eigenvalue weighted by Crippen LogP contribution is -2.46. The standard InChI is InChI=1S/C19H16BrNO5/c1-26-18(23)19(10-12-6-2-3-7-13(12)17(19)22)15(11-21(24)25)14-8-4-5-9-16(14)20/h2-9,15H,10-11H2,1H3/t15-,19+/m1/s1. The number of methoxy groups -OCH3 is 1. The van der Waals surface area contributed by atoms with Crippen molar-refractivity contribution in [3.63, 3.8) is 0 Å². The van der Waals surface area contributed by atoms with Crippen LogP contribution in [0, 0.1) is 15.5 Å². The summed E-state index contributed by atoms with van der Waals surface area (Å²) in [6.45, 7) is -0.558. The number of benzene rings is 2. The molecule has 0 amide bonds. The van der Waals surface area contributed by atoms with Crippen LogP contribution in [0.5, 0.6) is 0 Å². The average molecular weight is 418 g/mol. The number of nitrogens with zero attached hydrogens (tertiary/aromatic N) is 1. The predicted octanol–water partition coefficient (Wildman–Crippen LogP) is 3.41. The van der Waals surface area contributed by atoms with E-state index in [0.717, 1.165) is 0 Å². The molecule has 0 unspecified atom stereocenters. The van der Waals surface area contributed by atoms with Gasteiger partial charge in [-0.2, -0.15) is 0 Å². The maximum Gasteiger partial charge on any atom is 0.320 e. The molecule has 0 N–H and O–H groups in total. The van der Waals surface area contributed by atoms with Crippen molar-refractivity contribution in [3.05, 3.63) is 79.8 Å². The Balaban J connectivity index is 2.23. The molecule has 0 saturated heterocycles. The number of hydrogen-bond acceptors (Lipinski definition) is 5. The van der Waals surface area contributed by atoms with Crippen molar-refractivity contribution in [2.45, 2.75) is 12.3 Å². The first-order chi connectivity index (χ1) is 12.4. The molecule has 0 radical (unpaired) electrons. The molecule has 1 aliphatic rings. The van der Waals surface area contributed by atoms with E-state index >= 15 is 0 Å². The molecule has 0 spiro atoms. The second-order valence-electron chi connectivity index (χ2n) is 6.22. The van der Waals surface area contributed by atoms with Crippen molar-refractivity contribution in [2.75, 3.05) is 13.7 Å². The van der Waals surface area contributed by atoms with E-state index in [-0.39, 0.29) is 6.42 Å². The van der Waals surface area contributed by atoms with Crippen LogP contribution in [-0.2, 0) is 16.0 Å². The summed E-state index contributed by atoms with van der Waals surface area (Å²) >= 11 is 3.40. The fourth-order valence-electron chi connectivity index (χ4n) is 3.71. The van der Waals surface area contributed by atoms with Gasteiger partial charge < -0.3 is 4.74 Å². The summed E-state index contributed by atoms with van der Waals surface area (Å²) in [6, 6.07) is 13.8. The number of halogens is 1. The smallest absolute Gasteiger partial charge is 0.320 e. The minimum absolute atomic E-state index is 0.0779. The molecule has 0 heterocycles. The van der Waals surface area contributed by atoms with E-state index in [2.05, 4.69) is 15.9 Å². The number of carbonyl (C=O) groups excluding carboxylic acids is 2. The van der Waals surface area contributed by atoms with Crippen LogP contribution in [0.4, 0.5) is 0 Å². The van der Waals surface area contributed by atoms with Gasteiger partial charge in [0.1, 0.15) is 5.41 Å². The Morgan fingerprint density at radius 2 is 1.92 bits per heavy atom. The molecule has 6 nitrogen and oxygen atoms in total. The van der Waals surface area contributed by atoms with E-state index in [1.807, 2.05) is 0 Å². The molecule has 0 bridgehead atoms. The largest absolute Gasteiger partial charge is 0.468 e. The number of carbonyl (C=O) groups is 2. The molecule has 2 aromatic rings. The van der Waals surface area contributed by atoms with Crippen LogP contribution >= 0.6 is 15.9 Å². The number of ketones is 1. The molecule has 7 heteroatoms. The Morgan fingerprint density at radius 3 is 2.54 bits per heavy atom. The third-order valence-electron chi connectivity index (χ3n) is 4.89. The van der Waals surface area contributed by atoms with Crippen LogP contribution in [0.15, 0.2) is 53.0 Å². The zero-order valence-corrected chi connectivity index (χ0v) is 15.6. The number of fused-ring (bicyclic) bond motifs is 1. The van der Waals surface area contributed by atoms with Gasteiger partial charge in [-0.1, -0.05) is 58.4 Å². The predicted molar refractivity (Wildman–Crippen MR) is 97.7 cm³/mol. The molecule has 2 aromatic carbocycles. The van der Waals surface area contributed by atoms with Gasteiger partial charge in [0, 0.05) is 15.0 Å². The number of nitro groups is 1. The molecule has 0 fully saturated rings. The second-order valence-corrected chi connectivity index (χ2v) is 7.07. The second kappa shape index (κ2) is 6.99. The van der Waals surface area contributed by atoms with E-state index in [1.54, 1.807) is 48.5 Å². The summed E-state index contributed by atoms with van der Waals surface area (Å²) in [5.74, 6) is -2.13. The Kier molecular flexibility index (Phi) is 4.91. The summed E-state index contributed by atoms with van der Waals surface area (Å²) < 4.78 is 5.58. The molecule has 0 saturated carbocycles. The number of hydrogen-bond donors (Lipinski definition) is 0. The van der Waals surface area contributed by atoms with E-state index in [0.29, 0.717) is 21.2 Å². The molecule has 1 aliphatic carbocycles. The van der Waals surface area contributed by atoms with Crippen LogP contribution < -0.4 is 0 Å². The fraction of sp³-hybridized carbons (Fsp3) is 0.263. The van der Waals surface area contributed by atoms with Crippen LogP contribution in [0.1, 0.15) is 27.4 Å². The highest BCUT2D eigenvalue weighted by atomic mass is 79.9. The summed E-state index contributed by atoms with van der Waals surface area (Å²) in [7, 11) is 1.20. The molecule has 0 aliphatic heterocycles. The van der Waals surface area contributed by atoms with E-state index in [9.17, 15) is 19.7 Å². The molecular weight excluding hydrogens is 402 g/mol. The number of Topliss-reactive ketones (excluding diaryl/α,β-unsaturated/α-hetero) is 1. The maximum absolute atomic E-state index is 13.3. The summed E-state index contributed by atoms with van der Waals surface area (Å²) in [5, 5.41) is 11.4. The van der Waals surface area contributed by atoms with Gasteiger partial charge >= 0.3 is 5.97 Å². The van der Waals surface area contributed by atoms with Crippen molar-refractivity contribution < 1.29 is 19.2 Å². The van der Waals surface area contributed by atoms with Gasteiger partial charge in [-0.3, -0.25) is 19.7 Å². The zero-order valence-electron chi connectivity index (χ0n) is 14.0. The molecule has 0 aromatic heterocycles. The zero-order chi connectivity index (χ0) is 18.9.